The first-order chi connectivity index (χ1) is 13.1. The topological polar surface area (TPSA) is 58.2 Å². The van der Waals surface area contributed by atoms with Crippen LogP contribution in [0, 0.1) is 11.8 Å². The summed E-state index contributed by atoms with van der Waals surface area (Å²) in [6.07, 6.45) is -3.75. The van der Waals surface area contributed by atoms with Crippen LogP contribution in [0.15, 0.2) is 48.5 Å². The molecule has 1 aliphatic carbocycles. The van der Waals surface area contributed by atoms with Gasteiger partial charge < -0.3 is 10.6 Å². The van der Waals surface area contributed by atoms with E-state index in [0.29, 0.717) is 17.8 Å². The van der Waals surface area contributed by atoms with Crippen molar-refractivity contribution in [2.24, 2.45) is 11.8 Å². The normalized spacial score (nSPS) is 18.6. The van der Waals surface area contributed by atoms with E-state index >= 15 is 0 Å². The second-order valence-corrected chi connectivity index (χ2v) is 7.28. The lowest BCUT2D eigenvalue weighted by molar-refractivity contribution is -0.137. The fourth-order valence-corrected chi connectivity index (χ4v) is 2.93. The Hall–Kier alpha value is -2.83. The van der Waals surface area contributed by atoms with E-state index < -0.39 is 11.7 Å². The van der Waals surface area contributed by atoms with Crippen LogP contribution in [0.1, 0.15) is 37.3 Å². The fourth-order valence-electron chi connectivity index (χ4n) is 2.93. The predicted molar refractivity (Wildman–Crippen MR) is 101 cm³/mol. The van der Waals surface area contributed by atoms with E-state index in [0.717, 1.165) is 17.7 Å². The molecule has 0 radical (unpaired) electrons. The molecular weight excluding hydrogens is 369 g/mol. The third-order valence-electron chi connectivity index (χ3n) is 4.74. The van der Waals surface area contributed by atoms with Crippen molar-refractivity contribution in [1.29, 1.82) is 0 Å². The van der Waals surface area contributed by atoms with Crippen LogP contribution in [0.5, 0.6) is 0 Å². The molecule has 0 aromatic heterocycles. The Morgan fingerprint density at radius 2 is 1.46 bits per heavy atom. The number of halogens is 3. The zero-order valence-electron chi connectivity index (χ0n) is 15.5. The summed E-state index contributed by atoms with van der Waals surface area (Å²) >= 11 is 0. The molecule has 2 N–H and O–H groups in total. The fraction of sp³-hybridized carbons (Fsp3) is 0.333. The maximum atomic E-state index is 12.6. The molecule has 0 bridgehead atoms. The molecule has 1 aliphatic rings. The van der Waals surface area contributed by atoms with Gasteiger partial charge in [-0.2, -0.15) is 13.2 Å². The molecule has 2 unspecified atom stereocenters. The number of hydrogen-bond donors (Lipinski definition) is 2. The highest BCUT2D eigenvalue weighted by Crippen LogP contribution is 2.48. The second-order valence-electron chi connectivity index (χ2n) is 7.28. The van der Waals surface area contributed by atoms with Gasteiger partial charge in [0.2, 0.25) is 11.8 Å². The molecule has 7 heteroatoms. The third kappa shape index (κ3) is 4.71. The average molecular weight is 390 g/mol. The van der Waals surface area contributed by atoms with E-state index in [1.54, 1.807) is 38.1 Å². The largest absolute Gasteiger partial charge is 0.416 e. The molecule has 0 aliphatic heterocycles. The van der Waals surface area contributed by atoms with Gasteiger partial charge in [0, 0.05) is 23.2 Å². The number of nitrogens with one attached hydrogen (secondary N) is 2. The molecule has 0 spiro atoms. The maximum absolute atomic E-state index is 12.6. The van der Waals surface area contributed by atoms with Crippen LogP contribution in [0.2, 0.25) is 0 Å². The molecule has 0 heterocycles. The number of carbonyl (C=O) groups is 2. The van der Waals surface area contributed by atoms with Crippen LogP contribution in [0.25, 0.3) is 0 Å². The molecule has 2 aromatic carbocycles. The minimum atomic E-state index is -4.36. The summed E-state index contributed by atoms with van der Waals surface area (Å²) in [7, 11) is 0. The summed E-state index contributed by atoms with van der Waals surface area (Å²) in [5.41, 5.74) is 1.29. The van der Waals surface area contributed by atoms with Crippen LogP contribution >= 0.6 is 0 Å². The summed E-state index contributed by atoms with van der Waals surface area (Å²) in [6, 6.07) is 11.8. The minimum Gasteiger partial charge on any atom is -0.326 e. The van der Waals surface area contributed by atoms with Crippen LogP contribution in [-0.2, 0) is 15.8 Å². The Labute approximate surface area is 161 Å². The standard InChI is InChI=1S/C21H21F3N2O2/c1-12(2)19(27)25-15-7-9-16(10-8-15)26-20(28)18-11-17(18)13-3-5-14(6-4-13)21(22,23)24/h3-10,12,17-18H,11H2,1-2H3,(H,25,27)(H,26,28). The van der Waals surface area contributed by atoms with Crippen molar-refractivity contribution in [2.45, 2.75) is 32.4 Å². The SMILES string of the molecule is CC(C)C(=O)Nc1ccc(NC(=O)C2CC2c2ccc(C(F)(F)F)cc2)cc1. The number of amides is 2. The van der Waals surface area contributed by atoms with E-state index in [4.69, 9.17) is 0 Å². The van der Waals surface area contributed by atoms with Gasteiger partial charge in [-0.15, -0.1) is 0 Å². The summed E-state index contributed by atoms with van der Waals surface area (Å²) in [4.78, 5) is 24.1. The maximum Gasteiger partial charge on any atom is 0.416 e. The summed E-state index contributed by atoms with van der Waals surface area (Å²) in [5.74, 6) is -0.696. The Bertz CT molecular complexity index is 859. The zero-order valence-corrected chi connectivity index (χ0v) is 15.5. The lowest BCUT2D eigenvalue weighted by Gasteiger charge is -2.10. The van der Waals surface area contributed by atoms with Crippen LogP contribution in [0.3, 0.4) is 0 Å². The number of carbonyl (C=O) groups excluding carboxylic acids is 2. The van der Waals surface area contributed by atoms with Crippen molar-refractivity contribution in [3.05, 3.63) is 59.7 Å². The molecule has 4 nitrogen and oxygen atoms in total. The highest BCUT2D eigenvalue weighted by atomic mass is 19.4. The molecule has 1 fully saturated rings. The Kier molecular flexibility index (Phi) is 5.45. The minimum absolute atomic E-state index is 0.0631. The second kappa shape index (κ2) is 7.66. The van der Waals surface area contributed by atoms with Gasteiger partial charge in [-0.1, -0.05) is 26.0 Å². The van der Waals surface area contributed by atoms with Crippen molar-refractivity contribution in [3.63, 3.8) is 0 Å². The van der Waals surface area contributed by atoms with Crippen LogP contribution in [-0.4, -0.2) is 11.8 Å². The molecular formula is C21H21F3N2O2. The molecule has 2 aromatic rings. The molecule has 28 heavy (non-hydrogen) atoms. The predicted octanol–water partition coefficient (Wildman–Crippen LogP) is 5.04. The van der Waals surface area contributed by atoms with Gasteiger partial charge >= 0.3 is 6.18 Å². The molecule has 2 amide bonds. The highest BCUT2D eigenvalue weighted by molar-refractivity contribution is 5.96. The van der Waals surface area contributed by atoms with Crippen molar-refractivity contribution < 1.29 is 22.8 Å². The lowest BCUT2D eigenvalue weighted by Crippen LogP contribution is -2.18. The van der Waals surface area contributed by atoms with Crippen LogP contribution < -0.4 is 10.6 Å². The van der Waals surface area contributed by atoms with Crippen molar-refractivity contribution >= 4 is 23.2 Å². The van der Waals surface area contributed by atoms with Gasteiger partial charge in [0.15, 0.2) is 0 Å². The van der Waals surface area contributed by atoms with Crippen LogP contribution in [0.4, 0.5) is 24.5 Å². The monoisotopic (exact) mass is 390 g/mol. The molecule has 2 atom stereocenters. The number of anilines is 2. The van der Waals surface area contributed by atoms with Gasteiger partial charge in [0.25, 0.3) is 0 Å². The quantitative estimate of drug-likeness (QED) is 0.751. The Morgan fingerprint density at radius 1 is 0.929 bits per heavy atom. The van der Waals surface area contributed by atoms with Gasteiger partial charge in [-0.25, -0.2) is 0 Å². The first kappa shape index (κ1) is 19.9. The van der Waals surface area contributed by atoms with E-state index in [-0.39, 0.29) is 29.6 Å². The number of benzene rings is 2. The lowest BCUT2D eigenvalue weighted by atomic mass is 10.1. The highest BCUT2D eigenvalue weighted by Gasteiger charge is 2.44. The van der Waals surface area contributed by atoms with E-state index in [1.165, 1.54) is 12.1 Å². The third-order valence-corrected chi connectivity index (χ3v) is 4.74. The zero-order chi connectivity index (χ0) is 20.5. The number of hydrogen-bond acceptors (Lipinski definition) is 2. The molecule has 0 saturated heterocycles. The van der Waals surface area contributed by atoms with E-state index in [2.05, 4.69) is 10.6 Å². The van der Waals surface area contributed by atoms with Gasteiger partial charge in [0.1, 0.15) is 0 Å². The Morgan fingerprint density at radius 3 is 1.96 bits per heavy atom. The summed E-state index contributed by atoms with van der Waals surface area (Å²) < 4.78 is 37.9. The van der Waals surface area contributed by atoms with Crippen molar-refractivity contribution in [1.82, 2.24) is 0 Å². The van der Waals surface area contributed by atoms with E-state index in [1.807, 2.05) is 0 Å². The summed E-state index contributed by atoms with van der Waals surface area (Å²) in [5, 5.41) is 5.58. The first-order valence-corrected chi connectivity index (χ1v) is 9.04. The summed E-state index contributed by atoms with van der Waals surface area (Å²) in [6.45, 7) is 3.60. The molecule has 3 rings (SSSR count). The van der Waals surface area contributed by atoms with Gasteiger partial charge in [-0.05, 0) is 54.3 Å². The Balaban J connectivity index is 1.55. The average Bonchev–Trinajstić information content (AvgIpc) is 3.43. The number of rotatable bonds is 5. The molecule has 148 valence electrons. The molecule has 1 saturated carbocycles. The van der Waals surface area contributed by atoms with Crippen molar-refractivity contribution in [2.75, 3.05) is 10.6 Å². The van der Waals surface area contributed by atoms with Gasteiger partial charge in [-0.3, -0.25) is 9.59 Å². The van der Waals surface area contributed by atoms with E-state index in [9.17, 15) is 22.8 Å². The van der Waals surface area contributed by atoms with Crippen molar-refractivity contribution in [3.8, 4) is 0 Å². The first-order valence-electron chi connectivity index (χ1n) is 9.04. The smallest absolute Gasteiger partial charge is 0.326 e. The number of alkyl halides is 3. The van der Waals surface area contributed by atoms with Gasteiger partial charge in [0.05, 0.1) is 5.56 Å².